The molecule has 0 fully saturated rings. The second kappa shape index (κ2) is 10.6. The average Bonchev–Trinajstić information content (AvgIpc) is 2.97. The number of guanidine groups is 1. The van der Waals surface area contributed by atoms with E-state index in [-0.39, 0.29) is 0 Å². The van der Waals surface area contributed by atoms with Gasteiger partial charge in [0, 0.05) is 43.3 Å². The third-order valence-electron chi connectivity index (χ3n) is 3.79. The van der Waals surface area contributed by atoms with Crippen LogP contribution in [0.2, 0.25) is 0 Å². The van der Waals surface area contributed by atoms with Crippen molar-refractivity contribution in [2.24, 2.45) is 4.99 Å². The number of aliphatic imine (C=N–C) groups is 1. The summed E-state index contributed by atoms with van der Waals surface area (Å²) in [7, 11) is 1.81. The van der Waals surface area contributed by atoms with Gasteiger partial charge in [-0.1, -0.05) is 6.92 Å². The van der Waals surface area contributed by atoms with E-state index < -0.39 is 0 Å². The second-order valence-corrected chi connectivity index (χ2v) is 7.41. The van der Waals surface area contributed by atoms with E-state index in [1.165, 1.54) is 4.88 Å². The Labute approximate surface area is 145 Å². The summed E-state index contributed by atoms with van der Waals surface area (Å²) in [5.74, 6) is 0.846. The van der Waals surface area contributed by atoms with Gasteiger partial charge < -0.3 is 10.6 Å². The number of thiazole rings is 1. The molecule has 0 aliphatic carbocycles. The Morgan fingerprint density at radius 3 is 2.48 bits per heavy atom. The molecule has 0 atom stereocenters. The lowest BCUT2D eigenvalue weighted by atomic mass is 10.2. The summed E-state index contributed by atoms with van der Waals surface area (Å²) < 4.78 is 0. The van der Waals surface area contributed by atoms with Gasteiger partial charge in [0.2, 0.25) is 0 Å². The lowest BCUT2D eigenvalue weighted by Gasteiger charge is -2.30. The Hall–Kier alpha value is -1.14. The van der Waals surface area contributed by atoms with Gasteiger partial charge in [0.05, 0.1) is 6.54 Å². The van der Waals surface area contributed by atoms with Gasteiger partial charge in [-0.15, -0.1) is 11.3 Å². The molecule has 5 nitrogen and oxygen atoms in total. The summed E-state index contributed by atoms with van der Waals surface area (Å²) in [6.45, 7) is 13.9. The van der Waals surface area contributed by atoms with Crippen molar-refractivity contribution in [3.63, 3.8) is 0 Å². The first-order chi connectivity index (χ1) is 11.0. The van der Waals surface area contributed by atoms with Crippen molar-refractivity contribution >= 4 is 17.3 Å². The number of hydrogen-bond acceptors (Lipinski definition) is 4. The van der Waals surface area contributed by atoms with Crippen LogP contribution in [0.15, 0.2) is 11.2 Å². The molecule has 0 saturated heterocycles. The number of nitrogens with one attached hydrogen (secondary N) is 2. The van der Waals surface area contributed by atoms with Crippen LogP contribution in [0.25, 0.3) is 0 Å². The predicted molar refractivity (Wildman–Crippen MR) is 101 cm³/mol. The van der Waals surface area contributed by atoms with Crippen molar-refractivity contribution < 1.29 is 0 Å². The van der Waals surface area contributed by atoms with Crippen LogP contribution in [0.3, 0.4) is 0 Å². The molecule has 0 amide bonds. The van der Waals surface area contributed by atoms with Crippen LogP contribution in [0, 0.1) is 0 Å². The maximum atomic E-state index is 4.42. The van der Waals surface area contributed by atoms with Crippen LogP contribution in [0.1, 0.15) is 50.9 Å². The van der Waals surface area contributed by atoms with Gasteiger partial charge in [0.1, 0.15) is 5.01 Å². The van der Waals surface area contributed by atoms with Gasteiger partial charge in [-0.2, -0.15) is 0 Å². The van der Waals surface area contributed by atoms with Crippen molar-refractivity contribution in [3.05, 3.63) is 16.1 Å². The highest BCUT2D eigenvalue weighted by atomic mass is 32.1. The quantitative estimate of drug-likeness (QED) is 0.413. The molecule has 23 heavy (non-hydrogen) atoms. The van der Waals surface area contributed by atoms with E-state index in [0.717, 1.165) is 43.4 Å². The van der Waals surface area contributed by atoms with Gasteiger partial charge >= 0.3 is 0 Å². The molecule has 1 aromatic rings. The zero-order chi connectivity index (χ0) is 17.2. The number of nitrogens with zero attached hydrogens (tertiary/aromatic N) is 3. The van der Waals surface area contributed by atoms with Gasteiger partial charge in [-0.05, 0) is 40.5 Å². The van der Waals surface area contributed by atoms with Crippen LogP contribution in [-0.4, -0.2) is 48.1 Å². The third kappa shape index (κ3) is 7.31. The topological polar surface area (TPSA) is 52.6 Å². The molecule has 0 radical (unpaired) electrons. The molecule has 1 aromatic heterocycles. The number of aromatic nitrogens is 1. The van der Waals surface area contributed by atoms with E-state index in [4.69, 9.17) is 0 Å². The molecule has 2 N–H and O–H groups in total. The van der Waals surface area contributed by atoms with Gasteiger partial charge in [0.15, 0.2) is 5.96 Å². The minimum absolute atomic E-state index is 0.588. The molecule has 132 valence electrons. The molecule has 0 bridgehead atoms. The van der Waals surface area contributed by atoms with Crippen molar-refractivity contribution in [1.29, 1.82) is 0 Å². The van der Waals surface area contributed by atoms with E-state index in [9.17, 15) is 0 Å². The van der Waals surface area contributed by atoms with Crippen molar-refractivity contribution in [1.82, 2.24) is 20.5 Å². The summed E-state index contributed by atoms with van der Waals surface area (Å²) in [5.41, 5.74) is 0. The van der Waals surface area contributed by atoms with Crippen molar-refractivity contribution in [2.45, 2.75) is 66.1 Å². The summed E-state index contributed by atoms with van der Waals surface area (Å²) >= 11 is 1.76. The monoisotopic (exact) mass is 339 g/mol. The SMILES string of the molecule is CCc1cnc(CNC(=NC)NCCCN(C(C)C)C(C)C)s1. The molecule has 0 aromatic carbocycles. The van der Waals surface area contributed by atoms with Gasteiger partial charge in [0.25, 0.3) is 0 Å². The summed E-state index contributed by atoms with van der Waals surface area (Å²) in [6, 6.07) is 1.18. The highest BCUT2D eigenvalue weighted by molar-refractivity contribution is 7.11. The fourth-order valence-corrected chi connectivity index (χ4v) is 3.36. The number of hydrogen-bond donors (Lipinski definition) is 2. The number of rotatable bonds is 9. The Morgan fingerprint density at radius 2 is 1.96 bits per heavy atom. The fraction of sp³-hybridized carbons (Fsp3) is 0.765. The Balaban J connectivity index is 2.28. The average molecular weight is 340 g/mol. The Kier molecular flexibility index (Phi) is 9.17. The van der Waals surface area contributed by atoms with E-state index in [2.05, 4.69) is 60.1 Å². The Bertz CT molecular complexity index is 459. The summed E-state index contributed by atoms with van der Waals surface area (Å²) in [6.07, 6.45) is 4.12. The summed E-state index contributed by atoms with van der Waals surface area (Å²) in [4.78, 5) is 12.5. The van der Waals surface area contributed by atoms with Crippen LogP contribution in [-0.2, 0) is 13.0 Å². The maximum Gasteiger partial charge on any atom is 0.191 e. The normalized spacial score (nSPS) is 12.5. The largest absolute Gasteiger partial charge is 0.356 e. The molecule has 1 heterocycles. The zero-order valence-electron chi connectivity index (χ0n) is 15.5. The molecule has 0 aliphatic rings. The van der Waals surface area contributed by atoms with Crippen LogP contribution in [0.4, 0.5) is 0 Å². The van der Waals surface area contributed by atoms with Crippen LogP contribution < -0.4 is 10.6 Å². The summed E-state index contributed by atoms with van der Waals surface area (Å²) in [5, 5.41) is 7.82. The highest BCUT2D eigenvalue weighted by Gasteiger charge is 2.12. The van der Waals surface area contributed by atoms with Gasteiger partial charge in [-0.25, -0.2) is 4.98 Å². The molecule has 0 spiro atoms. The minimum atomic E-state index is 0.588. The second-order valence-electron chi connectivity index (χ2n) is 6.21. The van der Waals surface area contributed by atoms with E-state index >= 15 is 0 Å². The fourth-order valence-electron chi connectivity index (χ4n) is 2.55. The predicted octanol–water partition coefficient (Wildman–Crippen LogP) is 2.88. The van der Waals surface area contributed by atoms with Gasteiger partial charge in [-0.3, -0.25) is 9.89 Å². The smallest absolute Gasteiger partial charge is 0.191 e. The van der Waals surface area contributed by atoms with E-state index in [1.807, 2.05) is 13.2 Å². The molecule has 0 unspecified atom stereocenters. The van der Waals surface area contributed by atoms with E-state index in [1.54, 1.807) is 11.3 Å². The standard InChI is InChI=1S/C17H33N5S/c1-7-15-11-20-16(23-15)12-21-17(18-6)19-9-8-10-22(13(2)3)14(4)5/h11,13-14H,7-10,12H2,1-6H3,(H2,18,19,21). The first-order valence-electron chi connectivity index (χ1n) is 8.61. The maximum absolute atomic E-state index is 4.42. The molecule has 0 aliphatic heterocycles. The van der Waals surface area contributed by atoms with Crippen molar-refractivity contribution in [3.8, 4) is 0 Å². The third-order valence-corrected chi connectivity index (χ3v) is 4.93. The lowest BCUT2D eigenvalue weighted by molar-refractivity contribution is 0.173. The highest BCUT2D eigenvalue weighted by Crippen LogP contribution is 2.12. The minimum Gasteiger partial charge on any atom is -0.356 e. The van der Waals surface area contributed by atoms with E-state index in [0.29, 0.717) is 12.1 Å². The van der Waals surface area contributed by atoms with Crippen molar-refractivity contribution in [2.75, 3.05) is 20.1 Å². The molecular weight excluding hydrogens is 306 g/mol. The molecule has 0 saturated carbocycles. The molecule has 6 heteroatoms. The molecule has 1 rings (SSSR count). The molecular formula is C17H33N5S. The first kappa shape index (κ1) is 19.9. The number of aryl methyl sites for hydroxylation is 1. The lowest BCUT2D eigenvalue weighted by Crippen LogP contribution is -2.41. The first-order valence-corrected chi connectivity index (χ1v) is 9.43. The Morgan fingerprint density at radius 1 is 1.26 bits per heavy atom. The zero-order valence-corrected chi connectivity index (χ0v) is 16.3. The van der Waals surface area contributed by atoms with Crippen LogP contribution >= 0.6 is 11.3 Å². The van der Waals surface area contributed by atoms with Crippen LogP contribution in [0.5, 0.6) is 0 Å².